The third-order valence-electron chi connectivity index (χ3n) is 4.93. The summed E-state index contributed by atoms with van der Waals surface area (Å²) in [5, 5.41) is 2.94. The molecule has 0 radical (unpaired) electrons. The molecule has 2 heterocycles. The lowest BCUT2D eigenvalue weighted by atomic mass is 10.2. The molecule has 1 amide bonds. The van der Waals surface area contributed by atoms with Crippen LogP contribution in [-0.2, 0) is 17.1 Å². The number of halogens is 1. The Bertz CT molecular complexity index is 709. The number of carbonyl (C=O) groups excluding carboxylic acids is 1. The Morgan fingerprint density at radius 3 is 2.52 bits per heavy atom. The minimum atomic E-state index is -3.53. The molecule has 3 rings (SSSR count). The van der Waals surface area contributed by atoms with Crippen molar-refractivity contribution in [2.45, 2.75) is 43.0 Å². The smallest absolute Gasteiger partial charge is 0.268 e. The van der Waals surface area contributed by atoms with Gasteiger partial charge < -0.3 is 15.6 Å². The predicted octanol–water partition coefficient (Wildman–Crippen LogP) is 1.09. The molecule has 1 aromatic rings. The number of carbonyl (C=O) groups is 1. The van der Waals surface area contributed by atoms with E-state index in [0.29, 0.717) is 31.2 Å². The van der Waals surface area contributed by atoms with Gasteiger partial charge in [-0.05, 0) is 37.7 Å². The van der Waals surface area contributed by atoms with Gasteiger partial charge in [-0.2, -0.15) is 4.31 Å². The topological polar surface area (TPSA) is 97.4 Å². The van der Waals surface area contributed by atoms with Crippen LogP contribution in [0.1, 0.15) is 42.6 Å². The summed E-state index contributed by atoms with van der Waals surface area (Å²) in [7, 11) is -1.83. The first kappa shape index (κ1) is 20.2. The summed E-state index contributed by atoms with van der Waals surface area (Å²) in [4.78, 5) is 12.7. The average Bonchev–Trinajstić information content (AvgIpc) is 3.34. The highest BCUT2D eigenvalue weighted by atomic mass is 35.5. The molecule has 3 N–H and O–H groups in total. The quantitative estimate of drug-likeness (QED) is 0.759. The van der Waals surface area contributed by atoms with E-state index < -0.39 is 10.0 Å². The number of nitrogens with one attached hydrogen (secondary N) is 1. The molecule has 7 nitrogen and oxygen atoms in total. The number of nitrogens with zero attached hydrogens (tertiary/aromatic N) is 2. The number of aryl methyl sites for hydroxylation is 1. The fraction of sp³-hybridized carbons (Fsp3) is 0.688. The molecule has 2 aliphatic rings. The van der Waals surface area contributed by atoms with Crippen LogP contribution in [0.2, 0.25) is 0 Å². The summed E-state index contributed by atoms with van der Waals surface area (Å²) in [6.07, 6.45) is 6.54. The van der Waals surface area contributed by atoms with Gasteiger partial charge in [-0.25, -0.2) is 8.42 Å². The lowest BCUT2D eigenvalue weighted by molar-refractivity contribution is 0.0925. The number of amides is 1. The van der Waals surface area contributed by atoms with Crippen molar-refractivity contribution >= 4 is 28.3 Å². The molecule has 1 atom stereocenters. The van der Waals surface area contributed by atoms with Gasteiger partial charge in [-0.1, -0.05) is 6.42 Å². The summed E-state index contributed by atoms with van der Waals surface area (Å²) < 4.78 is 28.6. The maximum Gasteiger partial charge on any atom is 0.268 e. The van der Waals surface area contributed by atoms with E-state index in [1.807, 2.05) is 0 Å². The Kier molecular flexibility index (Phi) is 6.53. The molecule has 1 saturated heterocycles. The summed E-state index contributed by atoms with van der Waals surface area (Å²) in [6.45, 7) is 1.51. The van der Waals surface area contributed by atoms with Crippen molar-refractivity contribution in [2.75, 3.05) is 19.6 Å². The lowest BCUT2D eigenvalue weighted by Crippen LogP contribution is -2.42. The van der Waals surface area contributed by atoms with Crippen LogP contribution < -0.4 is 11.1 Å². The molecule has 2 fully saturated rings. The standard InChI is InChI=1S/C16H26N4O3S.ClH/c1-19-11-13(24(22,23)20-7-3-2-4-8-20)9-15(19)16(21)18-14(10-17)12-5-6-12;/h9,11-12,14H,2-8,10,17H2,1H3,(H,18,21);1H. The van der Waals surface area contributed by atoms with Crippen LogP contribution >= 0.6 is 12.4 Å². The van der Waals surface area contributed by atoms with E-state index in [1.54, 1.807) is 11.6 Å². The first-order valence-electron chi connectivity index (χ1n) is 8.61. The lowest BCUT2D eigenvalue weighted by Gasteiger charge is -2.25. The van der Waals surface area contributed by atoms with E-state index in [-0.39, 0.29) is 29.3 Å². The maximum absolute atomic E-state index is 12.7. The monoisotopic (exact) mass is 390 g/mol. The summed E-state index contributed by atoms with van der Waals surface area (Å²) in [5.74, 6) is 0.190. The number of nitrogens with two attached hydrogens (primary N) is 1. The normalized spacial score (nSPS) is 19.9. The molecular formula is C16H27ClN4O3S. The number of rotatable bonds is 6. The minimum absolute atomic E-state index is 0. The maximum atomic E-state index is 12.7. The van der Waals surface area contributed by atoms with Crippen LogP contribution in [0, 0.1) is 5.92 Å². The zero-order valence-electron chi connectivity index (χ0n) is 14.5. The van der Waals surface area contributed by atoms with Crippen LogP contribution in [-0.4, -0.2) is 48.9 Å². The number of piperidine rings is 1. The Morgan fingerprint density at radius 1 is 1.32 bits per heavy atom. The number of aromatic nitrogens is 1. The van der Waals surface area contributed by atoms with Crippen molar-refractivity contribution in [2.24, 2.45) is 18.7 Å². The van der Waals surface area contributed by atoms with Gasteiger partial charge in [0.05, 0.1) is 0 Å². The highest BCUT2D eigenvalue weighted by Gasteiger charge is 2.33. The van der Waals surface area contributed by atoms with Crippen molar-refractivity contribution in [3.05, 3.63) is 18.0 Å². The summed E-state index contributed by atoms with van der Waals surface area (Å²) in [5.41, 5.74) is 6.08. The zero-order chi connectivity index (χ0) is 17.3. The minimum Gasteiger partial charge on any atom is -0.346 e. The van der Waals surface area contributed by atoms with Crippen LogP contribution in [0.4, 0.5) is 0 Å². The SMILES string of the molecule is Cl.Cn1cc(S(=O)(=O)N2CCCCC2)cc1C(=O)NC(CN)C1CC1. The molecule has 0 bridgehead atoms. The molecule has 1 aliphatic heterocycles. The van der Waals surface area contributed by atoms with Crippen molar-refractivity contribution in [1.82, 2.24) is 14.2 Å². The van der Waals surface area contributed by atoms with Crippen molar-refractivity contribution in [1.29, 1.82) is 0 Å². The second-order valence-corrected chi connectivity index (χ2v) is 8.73. The molecule has 1 aromatic heterocycles. The van der Waals surface area contributed by atoms with Crippen LogP contribution in [0.5, 0.6) is 0 Å². The predicted molar refractivity (Wildman–Crippen MR) is 98.3 cm³/mol. The molecule has 1 aliphatic carbocycles. The Labute approximate surface area is 155 Å². The Hall–Kier alpha value is -1.09. The summed E-state index contributed by atoms with van der Waals surface area (Å²) in [6, 6.07) is 1.44. The first-order chi connectivity index (χ1) is 11.4. The molecule has 0 spiro atoms. The highest BCUT2D eigenvalue weighted by molar-refractivity contribution is 7.89. The zero-order valence-corrected chi connectivity index (χ0v) is 16.1. The molecule has 1 saturated carbocycles. The first-order valence-corrected chi connectivity index (χ1v) is 10.0. The molecule has 25 heavy (non-hydrogen) atoms. The van der Waals surface area contributed by atoms with Crippen LogP contribution in [0.25, 0.3) is 0 Å². The van der Waals surface area contributed by atoms with Gasteiger partial charge in [0, 0.05) is 38.9 Å². The van der Waals surface area contributed by atoms with E-state index in [0.717, 1.165) is 32.1 Å². The van der Waals surface area contributed by atoms with Gasteiger partial charge in [-0.3, -0.25) is 4.79 Å². The third kappa shape index (κ3) is 4.36. The number of sulfonamides is 1. The van der Waals surface area contributed by atoms with Crippen LogP contribution in [0.3, 0.4) is 0 Å². The second kappa shape index (κ2) is 8.07. The fourth-order valence-corrected chi connectivity index (χ4v) is 4.85. The second-order valence-electron chi connectivity index (χ2n) is 6.79. The number of hydrogen-bond donors (Lipinski definition) is 2. The molecule has 142 valence electrons. The fourth-order valence-electron chi connectivity index (χ4n) is 3.27. The highest BCUT2D eigenvalue weighted by Crippen LogP contribution is 2.32. The van der Waals surface area contributed by atoms with Gasteiger partial charge in [0.15, 0.2) is 0 Å². The Balaban J connectivity index is 0.00000225. The molecule has 9 heteroatoms. The third-order valence-corrected chi connectivity index (χ3v) is 6.79. The molecular weight excluding hydrogens is 364 g/mol. The van der Waals surface area contributed by atoms with E-state index >= 15 is 0 Å². The van der Waals surface area contributed by atoms with E-state index in [4.69, 9.17) is 5.73 Å². The van der Waals surface area contributed by atoms with E-state index in [9.17, 15) is 13.2 Å². The van der Waals surface area contributed by atoms with Gasteiger partial charge in [0.2, 0.25) is 10.0 Å². The average molecular weight is 391 g/mol. The largest absolute Gasteiger partial charge is 0.346 e. The molecule has 1 unspecified atom stereocenters. The molecule has 0 aromatic carbocycles. The Morgan fingerprint density at radius 2 is 1.96 bits per heavy atom. The van der Waals surface area contributed by atoms with Gasteiger partial charge in [0.1, 0.15) is 10.6 Å². The van der Waals surface area contributed by atoms with Crippen molar-refractivity contribution in [3.8, 4) is 0 Å². The van der Waals surface area contributed by atoms with Crippen molar-refractivity contribution in [3.63, 3.8) is 0 Å². The van der Waals surface area contributed by atoms with E-state index in [2.05, 4.69) is 5.32 Å². The van der Waals surface area contributed by atoms with Gasteiger partial charge in [0.25, 0.3) is 5.91 Å². The van der Waals surface area contributed by atoms with Crippen LogP contribution in [0.15, 0.2) is 17.2 Å². The van der Waals surface area contributed by atoms with Crippen molar-refractivity contribution < 1.29 is 13.2 Å². The summed E-state index contributed by atoms with van der Waals surface area (Å²) >= 11 is 0. The van der Waals surface area contributed by atoms with Gasteiger partial charge >= 0.3 is 0 Å². The van der Waals surface area contributed by atoms with Gasteiger partial charge in [-0.15, -0.1) is 12.4 Å². The number of hydrogen-bond acceptors (Lipinski definition) is 4. The van der Waals surface area contributed by atoms with E-state index in [1.165, 1.54) is 16.6 Å².